The maximum Gasteiger partial charge on any atom is 0.337 e. The summed E-state index contributed by atoms with van der Waals surface area (Å²) in [5, 5.41) is 3.62. The van der Waals surface area contributed by atoms with Crippen molar-refractivity contribution < 1.29 is 23.8 Å². The van der Waals surface area contributed by atoms with E-state index < -0.39 is 11.6 Å². The first-order chi connectivity index (χ1) is 18.7. The highest BCUT2D eigenvalue weighted by Gasteiger charge is 2.33. The van der Waals surface area contributed by atoms with Crippen LogP contribution < -0.4 is 10.1 Å². The molecule has 1 amide bonds. The van der Waals surface area contributed by atoms with Crippen LogP contribution in [0, 0.1) is 11.8 Å². The number of aromatic nitrogens is 2. The van der Waals surface area contributed by atoms with Gasteiger partial charge in [0.25, 0.3) is 5.91 Å². The lowest BCUT2D eigenvalue weighted by Gasteiger charge is -2.14. The smallest absolute Gasteiger partial charge is 0.337 e. The number of carbonyl (C=O) groups is 2. The number of amides is 1. The fraction of sp³-hybridized carbons (Fsp3) is 0.367. The van der Waals surface area contributed by atoms with Gasteiger partial charge in [0.2, 0.25) is 0 Å². The van der Waals surface area contributed by atoms with Gasteiger partial charge in [-0.05, 0) is 74.6 Å². The number of benzene rings is 2. The van der Waals surface area contributed by atoms with Crippen LogP contribution in [-0.2, 0) is 22.6 Å². The van der Waals surface area contributed by atoms with Crippen LogP contribution in [0.15, 0.2) is 48.5 Å². The van der Waals surface area contributed by atoms with Crippen LogP contribution in [0.2, 0.25) is 5.02 Å². The molecule has 0 saturated heterocycles. The Balaban J connectivity index is 1.59. The summed E-state index contributed by atoms with van der Waals surface area (Å²) in [5.74, 6) is 7.28. The lowest BCUT2D eigenvalue weighted by Crippen LogP contribution is -2.28. The first-order valence-electron chi connectivity index (χ1n) is 12.7. The molecule has 0 bridgehead atoms. The third-order valence-electron chi connectivity index (χ3n) is 6.37. The van der Waals surface area contributed by atoms with E-state index in [4.69, 9.17) is 30.8 Å². The Morgan fingerprint density at radius 1 is 1.10 bits per heavy atom. The standard InChI is InChI=1S/C30H32ClN3O5/c1-30(2,38-4)16-15-25-26(28(35)32-19-20-5-7-22(8-6-20)29(36)37-3)34(27(33-25)21-9-10-21)17-18-39-24-13-11-23(31)12-14-24/h5-8,11-14,21H,9-10,17-19H2,1-4H3,(H,32,35). The molecule has 1 fully saturated rings. The monoisotopic (exact) mass is 549 g/mol. The van der Waals surface area contributed by atoms with Gasteiger partial charge in [-0.25, -0.2) is 9.78 Å². The second-order valence-corrected chi connectivity index (χ2v) is 10.2. The van der Waals surface area contributed by atoms with Gasteiger partial charge in [0.1, 0.15) is 35.2 Å². The summed E-state index contributed by atoms with van der Waals surface area (Å²) in [6.07, 6.45) is 2.03. The molecule has 0 radical (unpaired) electrons. The number of esters is 1. The van der Waals surface area contributed by atoms with Crippen molar-refractivity contribution in [1.82, 2.24) is 14.9 Å². The van der Waals surface area contributed by atoms with Crippen LogP contribution in [0.5, 0.6) is 5.75 Å². The van der Waals surface area contributed by atoms with Crippen LogP contribution in [0.3, 0.4) is 0 Å². The van der Waals surface area contributed by atoms with E-state index in [1.807, 2.05) is 18.4 Å². The van der Waals surface area contributed by atoms with E-state index in [1.165, 1.54) is 7.11 Å². The van der Waals surface area contributed by atoms with E-state index in [2.05, 4.69) is 17.2 Å². The van der Waals surface area contributed by atoms with Gasteiger partial charge in [-0.3, -0.25) is 4.79 Å². The van der Waals surface area contributed by atoms with Crippen molar-refractivity contribution in [3.63, 3.8) is 0 Å². The molecule has 0 spiro atoms. The minimum atomic E-state index is -0.698. The zero-order chi connectivity index (χ0) is 28.0. The molecule has 8 nitrogen and oxygen atoms in total. The molecule has 39 heavy (non-hydrogen) atoms. The first kappa shape index (κ1) is 28.2. The van der Waals surface area contributed by atoms with Crippen LogP contribution in [-0.4, -0.2) is 47.9 Å². The number of nitrogens with zero attached hydrogens (tertiary/aromatic N) is 2. The fourth-order valence-corrected chi connectivity index (χ4v) is 3.98. The van der Waals surface area contributed by atoms with E-state index in [9.17, 15) is 9.59 Å². The molecule has 4 rings (SSSR count). The van der Waals surface area contributed by atoms with Gasteiger partial charge in [-0.15, -0.1) is 0 Å². The highest BCUT2D eigenvalue weighted by molar-refractivity contribution is 6.30. The Hall–Kier alpha value is -3.80. The van der Waals surface area contributed by atoms with Gasteiger partial charge in [0.15, 0.2) is 0 Å². The van der Waals surface area contributed by atoms with Crippen molar-refractivity contribution >= 4 is 23.5 Å². The number of carbonyl (C=O) groups excluding carboxylic acids is 2. The number of halogens is 1. The Labute approximate surface area is 233 Å². The largest absolute Gasteiger partial charge is 0.492 e. The number of rotatable bonds is 10. The summed E-state index contributed by atoms with van der Waals surface area (Å²) < 4.78 is 18.1. The molecular weight excluding hydrogens is 518 g/mol. The molecule has 204 valence electrons. The summed E-state index contributed by atoms with van der Waals surface area (Å²) in [4.78, 5) is 30.1. The topological polar surface area (TPSA) is 91.7 Å². The number of imidazole rings is 1. The first-order valence-corrected chi connectivity index (χ1v) is 13.1. The Bertz CT molecular complexity index is 1380. The Kier molecular flexibility index (Phi) is 8.95. The summed E-state index contributed by atoms with van der Waals surface area (Å²) in [7, 11) is 2.93. The molecule has 0 aliphatic heterocycles. The molecule has 1 aromatic heterocycles. The second kappa shape index (κ2) is 12.4. The molecule has 1 heterocycles. The molecule has 1 saturated carbocycles. The quantitative estimate of drug-likeness (QED) is 0.283. The van der Waals surface area contributed by atoms with Gasteiger partial charge in [0.05, 0.1) is 19.2 Å². The van der Waals surface area contributed by atoms with E-state index in [0.29, 0.717) is 40.9 Å². The maximum absolute atomic E-state index is 13.6. The van der Waals surface area contributed by atoms with Crippen LogP contribution in [0.4, 0.5) is 0 Å². The fourth-order valence-electron chi connectivity index (χ4n) is 3.86. The molecule has 0 unspecified atom stereocenters. The summed E-state index contributed by atoms with van der Waals surface area (Å²) >= 11 is 5.98. The maximum atomic E-state index is 13.6. The number of hydrogen-bond acceptors (Lipinski definition) is 6. The second-order valence-electron chi connectivity index (χ2n) is 9.73. The summed E-state index contributed by atoms with van der Waals surface area (Å²) in [6.45, 7) is 4.74. The van der Waals surface area contributed by atoms with Crippen LogP contribution >= 0.6 is 11.6 Å². The van der Waals surface area contributed by atoms with Crippen LogP contribution in [0.1, 0.15) is 70.5 Å². The highest BCUT2D eigenvalue weighted by atomic mass is 35.5. The van der Waals surface area contributed by atoms with Crippen molar-refractivity contribution in [3.05, 3.63) is 81.9 Å². The van der Waals surface area contributed by atoms with Gasteiger partial charge in [-0.1, -0.05) is 29.7 Å². The lowest BCUT2D eigenvalue weighted by molar-refractivity contribution is 0.0600. The van der Waals surface area contributed by atoms with Gasteiger partial charge >= 0.3 is 5.97 Å². The SMILES string of the molecule is COC(=O)c1ccc(CNC(=O)c2c(C#CC(C)(C)OC)nc(C3CC3)n2CCOc2ccc(Cl)cc2)cc1. The number of methoxy groups -OCH3 is 2. The van der Waals surface area contributed by atoms with Gasteiger partial charge in [0, 0.05) is 24.6 Å². The Morgan fingerprint density at radius 3 is 2.41 bits per heavy atom. The van der Waals surface area contributed by atoms with Crippen molar-refractivity contribution in [2.75, 3.05) is 20.8 Å². The van der Waals surface area contributed by atoms with Gasteiger partial charge < -0.3 is 24.1 Å². The highest BCUT2D eigenvalue weighted by Crippen LogP contribution is 2.40. The van der Waals surface area contributed by atoms with Crippen molar-refractivity contribution in [2.45, 2.75) is 51.3 Å². The predicted octanol–water partition coefficient (Wildman–Crippen LogP) is 4.99. The average Bonchev–Trinajstić information content (AvgIpc) is 3.73. The average molecular weight is 550 g/mol. The zero-order valence-corrected chi connectivity index (χ0v) is 23.3. The molecule has 1 aliphatic rings. The van der Waals surface area contributed by atoms with Crippen molar-refractivity contribution in [1.29, 1.82) is 0 Å². The third-order valence-corrected chi connectivity index (χ3v) is 6.62. The molecule has 9 heteroatoms. The van der Waals surface area contributed by atoms with E-state index in [-0.39, 0.29) is 18.4 Å². The normalized spacial score (nSPS) is 12.8. The molecule has 1 N–H and O–H groups in total. The van der Waals surface area contributed by atoms with E-state index in [0.717, 1.165) is 24.2 Å². The van der Waals surface area contributed by atoms with E-state index in [1.54, 1.807) is 55.6 Å². The zero-order valence-electron chi connectivity index (χ0n) is 22.5. The number of ether oxygens (including phenoxy) is 3. The predicted molar refractivity (Wildman–Crippen MR) is 148 cm³/mol. The molecule has 3 aromatic rings. The lowest BCUT2D eigenvalue weighted by atomic mass is 10.1. The molecule has 1 aliphatic carbocycles. The summed E-state index contributed by atoms with van der Waals surface area (Å²) in [5.41, 5.74) is 1.38. The molecular formula is C30H32ClN3O5. The molecule has 0 atom stereocenters. The van der Waals surface area contributed by atoms with Crippen molar-refractivity contribution in [2.24, 2.45) is 0 Å². The van der Waals surface area contributed by atoms with E-state index >= 15 is 0 Å². The van der Waals surface area contributed by atoms with Crippen LogP contribution in [0.25, 0.3) is 0 Å². The Morgan fingerprint density at radius 2 is 1.79 bits per heavy atom. The third kappa shape index (κ3) is 7.41. The van der Waals surface area contributed by atoms with Crippen molar-refractivity contribution in [3.8, 4) is 17.6 Å². The number of hydrogen-bond donors (Lipinski definition) is 1. The summed E-state index contributed by atoms with van der Waals surface area (Å²) in [6, 6.07) is 14.0. The van der Waals surface area contributed by atoms with Gasteiger partial charge in [-0.2, -0.15) is 0 Å². The molecule has 2 aromatic carbocycles. The number of nitrogens with one attached hydrogen (secondary N) is 1. The minimum Gasteiger partial charge on any atom is -0.492 e. The minimum absolute atomic E-state index is 0.266.